The van der Waals surface area contributed by atoms with Crippen LogP contribution >= 0.6 is 0 Å². The van der Waals surface area contributed by atoms with Crippen molar-refractivity contribution in [2.75, 3.05) is 0 Å². The van der Waals surface area contributed by atoms with Crippen molar-refractivity contribution in [1.82, 2.24) is 19.7 Å². The molecule has 0 aliphatic heterocycles. The predicted octanol–water partition coefficient (Wildman–Crippen LogP) is 5.41. The number of hydrogen-bond acceptors (Lipinski definition) is 2. The first kappa shape index (κ1) is 16.7. The number of hydrogen-bond donors (Lipinski definition) is 1. The number of halogens is 1. The van der Waals surface area contributed by atoms with E-state index in [-0.39, 0.29) is 11.2 Å². The van der Waals surface area contributed by atoms with Crippen LogP contribution in [0.25, 0.3) is 22.8 Å². The van der Waals surface area contributed by atoms with Gasteiger partial charge in [-0.15, -0.1) is 0 Å². The normalized spacial score (nSPS) is 23.1. The average molecular weight is 384 g/mol. The van der Waals surface area contributed by atoms with Gasteiger partial charge in [-0.1, -0.05) is 24.6 Å². The topological polar surface area (TPSA) is 46.5 Å². The highest BCUT2D eigenvalue weighted by Gasteiger charge is 2.47. The minimum atomic E-state index is -0.231. The first-order valence-electron chi connectivity index (χ1n) is 10.1. The first-order chi connectivity index (χ1) is 14.1. The predicted molar refractivity (Wildman–Crippen MR) is 111 cm³/mol. The molecule has 1 fully saturated rings. The smallest absolute Gasteiger partial charge is 0.123 e. The summed E-state index contributed by atoms with van der Waals surface area (Å²) in [5, 5.41) is 4.61. The van der Waals surface area contributed by atoms with Crippen LogP contribution in [0.15, 0.2) is 60.3 Å². The molecule has 4 aromatic rings. The van der Waals surface area contributed by atoms with E-state index in [1.807, 2.05) is 23.0 Å². The number of nitrogens with one attached hydrogen (secondary N) is 1. The lowest BCUT2D eigenvalue weighted by Gasteiger charge is -2.35. The molecule has 29 heavy (non-hydrogen) atoms. The van der Waals surface area contributed by atoms with Crippen molar-refractivity contribution in [3.63, 3.8) is 0 Å². The van der Waals surface area contributed by atoms with Crippen LogP contribution in [0.4, 0.5) is 4.39 Å². The number of H-pyrrole nitrogens is 1. The Morgan fingerprint density at radius 1 is 1.14 bits per heavy atom. The summed E-state index contributed by atoms with van der Waals surface area (Å²) in [6.07, 6.45) is 7.36. The molecule has 2 atom stereocenters. The van der Waals surface area contributed by atoms with Gasteiger partial charge in [-0.25, -0.2) is 14.1 Å². The lowest BCUT2D eigenvalue weighted by Crippen LogP contribution is -2.28. The monoisotopic (exact) mass is 384 g/mol. The highest BCUT2D eigenvalue weighted by Crippen LogP contribution is 2.56. The molecule has 1 saturated carbocycles. The third-order valence-electron chi connectivity index (χ3n) is 6.77. The summed E-state index contributed by atoms with van der Waals surface area (Å²) in [4.78, 5) is 8.47. The fourth-order valence-corrected chi connectivity index (χ4v) is 5.21. The van der Waals surface area contributed by atoms with Gasteiger partial charge < -0.3 is 4.98 Å². The van der Waals surface area contributed by atoms with Gasteiger partial charge in [0.25, 0.3) is 0 Å². The van der Waals surface area contributed by atoms with Crippen LogP contribution in [0.2, 0.25) is 0 Å². The SMILES string of the molecule is CC12Cc3cnn(-c4ccc(F)cc4)c3C=C1CCC2c1nc2ccccc2[nH]1. The van der Waals surface area contributed by atoms with Crippen LogP contribution in [-0.4, -0.2) is 19.7 Å². The molecule has 1 N–H and O–H groups in total. The van der Waals surface area contributed by atoms with E-state index in [0.29, 0.717) is 5.92 Å². The molecule has 0 radical (unpaired) electrons. The lowest BCUT2D eigenvalue weighted by molar-refractivity contribution is 0.339. The number of rotatable bonds is 2. The third kappa shape index (κ3) is 2.43. The Hall–Kier alpha value is -3.21. The van der Waals surface area contributed by atoms with Gasteiger partial charge in [0, 0.05) is 11.3 Å². The van der Waals surface area contributed by atoms with Crippen molar-refractivity contribution >= 4 is 17.1 Å². The second-order valence-electron chi connectivity index (χ2n) is 8.44. The van der Waals surface area contributed by atoms with Gasteiger partial charge in [-0.05, 0) is 67.3 Å². The number of aromatic amines is 1. The van der Waals surface area contributed by atoms with Crippen molar-refractivity contribution in [3.8, 4) is 5.69 Å². The maximum atomic E-state index is 13.3. The Morgan fingerprint density at radius 3 is 2.79 bits per heavy atom. The van der Waals surface area contributed by atoms with E-state index < -0.39 is 0 Å². The number of allylic oxidation sites excluding steroid dienone is 1. The molecule has 2 aromatic heterocycles. The summed E-state index contributed by atoms with van der Waals surface area (Å²) in [5.41, 5.74) is 6.88. The molecule has 0 saturated heterocycles. The molecule has 2 unspecified atom stereocenters. The standard InChI is InChI=1S/C24H21FN4/c1-24-13-15-14-26-29(18-9-7-17(25)8-10-18)22(15)12-16(24)6-11-19(24)23-27-20-4-2-3-5-21(20)28-23/h2-5,7-10,12,14,19H,6,11,13H2,1H3,(H,27,28). The highest BCUT2D eigenvalue weighted by molar-refractivity contribution is 5.75. The molecule has 5 heteroatoms. The summed E-state index contributed by atoms with van der Waals surface area (Å²) < 4.78 is 15.3. The summed E-state index contributed by atoms with van der Waals surface area (Å²) in [6.45, 7) is 2.36. The molecular formula is C24H21FN4. The molecule has 2 aliphatic carbocycles. The molecular weight excluding hydrogens is 363 g/mol. The Balaban J connectivity index is 1.41. The summed E-state index contributed by atoms with van der Waals surface area (Å²) in [6, 6.07) is 14.8. The zero-order valence-corrected chi connectivity index (χ0v) is 16.2. The third-order valence-corrected chi connectivity index (χ3v) is 6.77. The van der Waals surface area contributed by atoms with Crippen LogP contribution < -0.4 is 0 Å². The van der Waals surface area contributed by atoms with Crippen molar-refractivity contribution in [1.29, 1.82) is 0 Å². The van der Waals surface area contributed by atoms with E-state index in [2.05, 4.69) is 35.2 Å². The van der Waals surface area contributed by atoms with E-state index in [1.54, 1.807) is 12.1 Å². The largest absolute Gasteiger partial charge is 0.342 e. The van der Waals surface area contributed by atoms with Crippen LogP contribution in [0.5, 0.6) is 0 Å². The fraction of sp³-hybridized carbons (Fsp3) is 0.250. The quantitative estimate of drug-likeness (QED) is 0.502. The minimum Gasteiger partial charge on any atom is -0.342 e. The van der Waals surface area contributed by atoms with Gasteiger partial charge >= 0.3 is 0 Å². The fourth-order valence-electron chi connectivity index (χ4n) is 5.21. The average Bonchev–Trinajstić information content (AvgIpc) is 3.40. The van der Waals surface area contributed by atoms with Gasteiger partial charge in [0.05, 0.1) is 28.6 Å². The number of para-hydroxylation sites is 2. The Morgan fingerprint density at radius 2 is 1.97 bits per heavy atom. The van der Waals surface area contributed by atoms with Crippen molar-refractivity contribution in [2.45, 2.75) is 32.1 Å². The van der Waals surface area contributed by atoms with Crippen LogP contribution in [-0.2, 0) is 6.42 Å². The van der Waals surface area contributed by atoms with Crippen molar-refractivity contribution < 1.29 is 4.39 Å². The number of fused-ring (bicyclic) bond motifs is 3. The Kier molecular flexibility index (Phi) is 3.40. The first-order valence-corrected chi connectivity index (χ1v) is 10.1. The van der Waals surface area contributed by atoms with Crippen molar-refractivity contribution in [3.05, 3.63) is 83.2 Å². The van der Waals surface area contributed by atoms with Gasteiger partial charge in [0.1, 0.15) is 11.6 Å². The summed E-state index contributed by atoms with van der Waals surface area (Å²) in [5.74, 6) is 1.22. The molecule has 0 bridgehead atoms. The molecule has 2 aromatic carbocycles. The van der Waals surface area contributed by atoms with E-state index in [9.17, 15) is 4.39 Å². The second-order valence-corrected chi connectivity index (χ2v) is 8.44. The minimum absolute atomic E-state index is 0.0392. The van der Waals surface area contributed by atoms with Crippen molar-refractivity contribution in [2.24, 2.45) is 5.41 Å². The Bertz CT molecular complexity index is 1230. The van der Waals surface area contributed by atoms with Gasteiger partial charge in [0.2, 0.25) is 0 Å². The number of imidazole rings is 1. The van der Waals surface area contributed by atoms with Crippen LogP contribution in [0.1, 0.15) is 42.8 Å². The molecule has 0 amide bonds. The number of aromatic nitrogens is 4. The maximum absolute atomic E-state index is 13.3. The molecule has 6 rings (SSSR count). The van der Waals surface area contributed by atoms with E-state index in [1.165, 1.54) is 23.3 Å². The molecule has 2 aliphatic rings. The van der Waals surface area contributed by atoms with E-state index in [0.717, 1.165) is 47.5 Å². The Labute approximate surface area is 168 Å². The summed E-state index contributed by atoms with van der Waals surface area (Å²) >= 11 is 0. The highest BCUT2D eigenvalue weighted by atomic mass is 19.1. The lowest BCUT2D eigenvalue weighted by atomic mass is 9.69. The van der Waals surface area contributed by atoms with Gasteiger partial charge in [0.15, 0.2) is 0 Å². The zero-order chi connectivity index (χ0) is 19.6. The molecule has 0 spiro atoms. The summed E-state index contributed by atoms with van der Waals surface area (Å²) in [7, 11) is 0. The zero-order valence-electron chi connectivity index (χ0n) is 16.2. The number of nitrogens with zero attached hydrogens (tertiary/aromatic N) is 3. The molecule has 4 nitrogen and oxygen atoms in total. The van der Waals surface area contributed by atoms with Gasteiger partial charge in [-0.2, -0.15) is 5.10 Å². The van der Waals surface area contributed by atoms with Crippen LogP contribution in [0.3, 0.4) is 0 Å². The maximum Gasteiger partial charge on any atom is 0.123 e. The molecule has 2 heterocycles. The van der Waals surface area contributed by atoms with E-state index in [4.69, 9.17) is 4.98 Å². The molecule has 144 valence electrons. The van der Waals surface area contributed by atoms with E-state index >= 15 is 0 Å². The van der Waals surface area contributed by atoms with Crippen LogP contribution in [0, 0.1) is 11.2 Å². The van der Waals surface area contributed by atoms with Gasteiger partial charge in [-0.3, -0.25) is 0 Å². The second kappa shape index (κ2) is 5.89. The number of benzene rings is 2.